The van der Waals surface area contributed by atoms with Gasteiger partial charge in [0.15, 0.2) is 12.2 Å². The van der Waals surface area contributed by atoms with Gasteiger partial charge in [0.25, 0.3) is 11.8 Å². The lowest BCUT2D eigenvalue weighted by molar-refractivity contribution is -0.165. The number of nitrogens with one attached hydrogen (secondary N) is 3. The third-order valence-corrected chi connectivity index (χ3v) is 15.8. The van der Waals surface area contributed by atoms with Crippen LogP contribution < -0.4 is 44.7 Å². The molecule has 25 nitrogen and oxygen atoms in total. The molecule has 0 bridgehead atoms. The summed E-state index contributed by atoms with van der Waals surface area (Å²) in [6.45, 7) is 11.3. The molecule has 2 aromatic carbocycles. The molecule has 0 radical (unpaired) electrons. The molecule has 92 heavy (non-hydrogen) atoms. The van der Waals surface area contributed by atoms with E-state index in [2.05, 4.69) is 99.5 Å². The number of carbonyl (C=O) groups excluding carboxylic acids is 1. The fourth-order valence-electron chi connectivity index (χ4n) is 10.3. The predicted octanol–water partition coefficient (Wildman–Crippen LogP) is 6.85. The minimum atomic E-state index is -3.38. The first-order valence-corrected chi connectivity index (χ1v) is 29.4. The Bertz CT molecular complexity index is 3610. The number of alkyl halides is 4. The highest BCUT2D eigenvalue weighted by Gasteiger charge is 2.48. The van der Waals surface area contributed by atoms with E-state index in [-0.39, 0.29) is 54.4 Å². The lowest BCUT2D eigenvalue weighted by Gasteiger charge is -2.39. The van der Waals surface area contributed by atoms with Crippen LogP contribution in [-0.4, -0.2) is 214 Å². The fourth-order valence-corrected chi connectivity index (χ4v) is 10.3. The molecule has 0 spiro atoms. The number of benzene rings is 2. The highest BCUT2D eigenvalue weighted by Crippen LogP contribution is 2.37. The number of pyridine rings is 2. The quantitative estimate of drug-likeness (QED) is 0.0540. The van der Waals surface area contributed by atoms with E-state index in [9.17, 15) is 42.8 Å². The summed E-state index contributed by atoms with van der Waals surface area (Å²) < 4.78 is 80.7. The zero-order valence-electron chi connectivity index (χ0n) is 52.1. The minimum absolute atomic E-state index is 0. The number of likely N-dealkylation sites (tertiary alicyclic amines) is 1. The van der Waals surface area contributed by atoms with Gasteiger partial charge in [-0.1, -0.05) is 0 Å². The monoisotopic (exact) mass is 1300 g/mol. The second kappa shape index (κ2) is 31.4. The number of nitriles is 2. The molecule has 6 atom stereocenters. The number of nitrogens with zero attached hydrogens (tertiary/aromatic N) is 13. The van der Waals surface area contributed by atoms with Crippen molar-refractivity contribution in [2.75, 3.05) is 114 Å². The molecule has 0 aliphatic carbocycles. The maximum atomic E-state index is 14.9. The van der Waals surface area contributed by atoms with E-state index in [1.54, 1.807) is 44.6 Å². The number of carboxylic acids is 1. The molecule has 8 heterocycles. The van der Waals surface area contributed by atoms with Crippen LogP contribution in [-0.2, 0) is 9.59 Å². The van der Waals surface area contributed by atoms with Crippen LogP contribution in [0.1, 0.15) is 51.7 Å². The molecule has 6 N–H and O–H groups in total. The number of ether oxygens (including phenoxy) is 4. The van der Waals surface area contributed by atoms with Crippen molar-refractivity contribution in [2.24, 2.45) is 0 Å². The average Bonchev–Trinajstić information content (AvgIpc) is 0.905. The number of hydrogen-bond donors (Lipinski definition) is 6. The number of amides is 1. The minimum Gasteiger partial charge on any atom is -0.483 e. The highest BCUT2D eigenvalue weighted by atomic mass is 35.5. The number of rotatable bonds is 16. The third kappa shape index (κ3) is 17.7. The Morgan fingerprint density at radius 3 is 1.50 bits per heavy atom. The largest absolute Gasteiger partial charge is 0.483 e. The van der Waals surface area contributed by atoms with Crippen molar-refractivity contribution >= 4 is 58.9 Å². The first-order chi connectivity index (χ1) is 43.4. The van der Waals surface area contributed by atoms with Gasteiger partial charge < -0.3 is 74.7 Å². The van der Waals surface area contributed by atoms with Gasteiger partial charge in [0, 0.05) is 94.0 Å². The van der Waals surface area contributed by atoms with Crippen LogP contribution >= 0.6 is 12.4 Å². The summed E-state index contributed by atoms with van der Waals surface area (Å²) in [6.07, 6.45) is -2.68. The Labute approximate surface area is 536 Å². The Kier molecular flexibility index (Phi) is 24.0. The van der Waals surface area contributed by atoms with Gasteiger partial charge >= 0.3 is 11.9 Å². The van der Waals surface area contributed by atoms with Gasteiger partial charge in [0.05, 0.1) is 49.8 Å². The van der Waals surface area contributed by atoms with E-state index in [1.807, 2.05) is 30.3 Å². The Morgan fingerprint density at radius 2 is 1.11 bits per heavy atom. The molecule has 4 aliphatic heterocycles. The zero-order chi connectivity index (χ0) is 65.7. The normalized spacial score (nSPS) is 20.1. The van der Waals surface area contributed by atoms with E-state index in [0.717, 1.165) is 55.5 Å². The second-order valence-corrected chi connectivity index (χ2v) is 22.4. The van der Waals surface area contributed by atoms with Crippen LogP contribution in [0.4, 0.5) is 52.2 Å². The summed E-state index contributed by atoms with van der Waals surface area (Å²) in [5.74, 6) is -5.19. The van der Waals surface area contributed by atoms with Crippen molar-refractivity contribution in [3.05, 3.63) is 96.6 Å². The van der Waals surface area contributed by atoms with E-state index in [4.69, 9.17) is 29.2 Å². The zero-order valence-corrected chi connectivity index (χ0v) is 52.9. The van der Waals surface area contributed by atoms with Crippen molar-refractivity contribution in [1.29, 1.82) is 10.5 Å². The molecular formula is C62H75ClF4N16O9. The number of methoxy groups -OCH3 is 2. The molecule has 2 unspecified atom stereocenters. The summed E-state index contributed by atoms with van der Waals surface area (Å²) in [5, 5.41) is 53.8. The number of piperazine rings is 2. The van der Waals surface area contributed by atoms with E-state index >= 15 is 0 Å². The fraction of sp³-hybridized carbons (Fsp3) is 0.452. The van der Waals surface area contributed by atoms with Gasteiger partial charge in [-0.3, -0.25) is 4.79 Å². The smallest absolute Gasteiger partial charge is 0.332 e. The van der Waals surface area contributed by atoms with Gasteiger partial charge in [-0.15, -0.1) is 12.4 Å². The number of carbonyl (C=O) groups is 2. The maximum Gasteiger partial charge on any atom is 0.332 e. The molecule has 1 amide bonds. The van der Waals surface area contributed by atoms with Crippen LogP contribution in [0.3, 0.4) is 0 Å². The van der Waals surface area contributed by atoms with Crippen molar-refractivity contribution < 1.29 is 61.4 Å². The topological polar surface area (TPSA) is 309 Å². The van der Waals surface area contributed by atoms with Gasteiger partial charge in [-0.05, 0) is 109 Å². The van der Waals surface area contributed by atoms with Gasteiger partial charge in [-0.2, -0.15) is 20.5 Å². The van der Waals surface area contributed by atoms with Crippen LogP contribution in [0.25, 0.3) is 22.5 Å². The number of likely N-dealkylation sites (N-methyl/N-ethyl adjacent to an activating group) is 2. The van der Waals surface area contributed by atoms with Crippen molar-refractivity contribution in [3.63, 3.8) is 0 Å². The van der Waals surface area contributed by atoms with Crippen molar-refractivity contribution in [2.45, 2.75) is 88.9 Å². The Balaban J connectivity index is 0.000000238. The van der Waals surface area contributed by atoms with Crippen LogP contribution in [0.5, 0.6) is 23.3 Å². The SMILES string of the molecule is COc1nc(Nc2cc(-c3ccc(OC4CCN(C(=O)[C@H](C)O)CC4(F)F)c(C#N)c3)ncn2)ccc1N1CCN(C)[C@H](C)C1.COc1nc(Nc2cc(-c3ccc(OC4CCNCC4(F)F)c(C#N)c3)ncn2)ccc1N1CCN(C)[C@H](C)C1.C[C@H](O)C(=O)O.Cl. The average molecular weight is 1300 g/mol. The molecule has 30 heteroatoms. The first-order valence-electron chi connectivity index (χ1n) is 29.4. The molecular weight excluding hydrogens is 1220 g/mol. The molecule has 4 fully saturated rings. The van der Waals surface area contributed by atoms with Crippen LogP contribution in [0.15, 0.2) is 85.5 Å². The first kappa shape index (κ1) is 70.5. The van der Waals surface area contributed by atoms with Gasteiger partial charge in [0.2, 0.25) is 11.8 Å². The summed E-state index contributed by atoms with van der Waals surface area (Å²) in [4.78, 5) is 58.1. The number of halogens is 5. The number of aliphatic carboxylic acids is 1. The molecule has 6 aromatic rings. The third-order valence-electron chi connectivity index (χ3n) is 15.8. The number of aliphatic hydroxyl groups is 2. The lowest BCUT2D eigenvalue weighted by Crippen LogP contribution is -2.56. The molecule has 492 valence electrons. The number of aliphatic hydroxyl groups excluding tert-OH is 2. The number of piperidine rings is 2. The van der Waals surface area contributed by atoms with E-state index in [0.29, 0.717) is 76.2 Å². The summed E-state index contributed by atoms with van der Waals surface area (Å²) in [5.41, 5.74) is 4.26. The number of hydrogen-bond acceptors (Lipinski definition) is 23. The number of carboxylic acid groups (broad SMARTS) is 1. The number of aromatic nitrogens is 6. The van der Waals surface area contributed by atoms with Crippen LogP contribution in [0.2, 0.25) is 0 Å². The summed E-state index contributed by atoms with van der Waals surface area (Å²) in [7, 11) is 7.42. The van der Waals surface area contributed by atoms with E-state index in [1.165, 1.54) is 44.7 Å². The van der Waals surface area contributed by atoms with Gasteiger partial charge in [0.1, 0.15) is 83.1 Å². The highest BCUT2D eigenvalue weighted by molar-refractivity contribution is 5.85. The Morgan fingerprint density at radius 1 is 0.652 bits per heavy atom. The van der Waals surface area contributed by atoms with Gasteiger partial charge in [-0.25, -0.2) is 42.3 Å². The standard InChI is InChI=1S/C31H36F2N8O4.C28H32F2N8O2.C3H6O3.ClH/c1-19-16-40(12-11-39(19)3)24-6-8-27(38-29(24)44-4)37-28-14-23(35-18-36-28)21-5-7-25(22(13-21)15-34)45-26-9-10-41(17-31(26,32)33)30(43)20(2)42;1-18-15-38(11-10-37(18)2)22-5-7-25(36-27(22)39-3)35-26-13-21(33-17-34-26)19-4-6-23(20(12-19)14-31)40-24-8-9-32-16-28(24,29)30;1-2(4)3(5)6;/h5-8,13-14,18-20,26,42H,9-12,16-17H2,1-4H3,(H,35,36,37,38);4-7,12-13,17-18,24,32H,8-11,15-16H2,1-3H3,(H,33,34,35,36);2,4H,1H3,(H,5,6);1H/t19-,20+,26?;18-,24?;2-;/m110./s1. The maximum absolute atomic E-state index is 14.9. The van der Waals surface area contributed by atoms with E-state index < -0.39 is 61.2 Å². The van der Waals surface area contributed by atoms with Crippen molar-refractivity contribution in [3.8, 4) is 57.9 Å². The molecule has 0 saturated carbocycles. The summed E-state index contributed by atoms with van der Waals surface area (Å²) in [6, 6.07) is 25.4. The molecule has 10 rings (SSSR count). The predicted molar refractivity (Wildman–Crippen MR) is 337 cm³/mol. The second-order valence-electron chi connectivity index (χ2n) is 22.4. The van der Waals surface area contributed by atoms with Crippen LogP contribution in [0, 0.1) is 22.7 Å². The number of anilines is 6. The molecule has 4 saturated heterocycles. The Hall–Kier alpha value is -8.97. The van der Waals surface area contributed by atoms with Crippen molar-refractivity contribution in [1.82, 2.24) is 49.9 Å². The lowest BCUT2D eigenvalue weighted by atomic mass is 10.0. The molecule has 4 aromatic heterocycles. The molecule has 4 aliphatic rings. The summed E-state index contributed by atoms with van der Waals surface area (Å²) >= 11 is 0.